The van der Waals surface area contributed by atoms with E-state index in [0.717, 1.165) is 0 Å². The maximum absolute atomic E-state index is 12.8. The monoisotopic (exact) mass is 246 g/mol. The van der Waals surface area contributed by atoms with Crippen LogP contribution in [0.5, 0.6) is 0 Å². The fraction of sp³-hybridized carbons (Fsp3) is 0.429. The Morgan fingerprint density at radius 2 is 2.00 bits per heavy atom. The minimum Gasteiger partial charge on any atom is -0.314 e. The molecule has 0 saturated heterocycles. The zero-order chi connectivity index (χ0) is 13.3. The van der Waals surface area contributed by atoms with Gasteiger partial charge in [-0.2, -0.15) is 5.26 Å². The fourth-order valence-corrected chi connectivity index (χ4v) is 2.55. The second-order valence-electron chi connectivity index (χ2n) is 5.05. The summed E-state index contributed by atoms with van der Waals surface area (Å²) in [5.41, 5.74) is -0.279. The molecule has 1 aliphatic carbocycles. The number of halogens is 1. The largest absolute Gasteiger partial charge is 0.314 e. The number of anilines is 1. The summed E-state index contributed by atoms with van der Waals surface area (Å²) in [6.07, 6.45) is 1.21. The summed E-state index contributed by atoms with van der Waals surface area (Å²) in [5.74, 6) is -0.128. The minimum absolute atomic E-state index is 0.199. The van der Waals surface area contributed by atoms with E-state index in [9.17, 15) is 14.4 Å². The second kappa shape index (κ2) is 4.41. The molecule has 0 bridgehead atoms. The Kier molecular flexibility index (Phi) is 3.08. The van der Waals surface area contributed by atoms with Crippen molar-refractivity contribution in [1.29, 1.82) is 5.26 Å². The second-order valence-corrected chi connectivity index (χ2v) is 5.05. The molecule has 1 fully saturated rings. The number of hydrogen-bond acceptors (Lipinski definition) is 2. The lowest BCUT2D eigenvalue weighted by atomic mass is 9.63. The van der Waals surface area contributed by atoms with Crippen LogP contribution in [0, 0.1) is 28.5 Å². The highest BCUT2D eigenvalue weighted by atomic mass is 19.1. The van der Waals surface area contributed by atoms with Crippen LogP contribution in [0.15, 0.2) is 24.3 Å². The van der Waals surface area contributed by atoms with Crippen molar-refractivity contribution >= 4 is 11.6 Å². The van der Waals surface area contributed by atoms with E-state index in [4.69, 9.17) is 0 Å². The van der Waals surface area contributed by atoms with E-state index in [2.05, 4.69) is 6.07 Å². The Hall–Kier alpha value is -1.89. The lowest BCUT2D eigenvalue weighted by molar-refractivity contribution is -0.130. The molecule has 1 aliphatic rings. The first-order chi connectivity index (χ1) is 8.48. The summed E-state index contributed by atoms with van der Waals surface area (Å²) in [6, 6.07) is 7.84. The highest BCUT2D eigenvalue weighted by Crippen LogP contribution is 2.46. The topological polar surface area (TPSA) is 44.1 Å². The summed E-state index contributed by atoms with van der Waals surface area (Å²) in [5, 5.41) is 9.21. The number of carbonyl (C=O) groups is 1. The van der Waals surface area contributed by atoms with Crippen LogP contribution in [-0.4, -0.2) is 13.0 Å². The lowest BCUT2D eigenvalue weighted by Crippen LogP contribution is -2.48. The van der Waals surface area contributed by atoms with Gasteiger partial charge in [-0.15, -0.1) is 0 Å². The quantitative estimate of drug-likeness (QED) is 0.805. The molecule has 1 amide bonds. The number of carbonyl (C=O) groups excluding carboxylic acids is 1. The maximum atomic E-state index is 12.8. The predicted molar refractivity (Wildman–Crippen MR) is 66.3 cm³/mol. The molecule has 4 heteroatoms. The maximum Gasteiger partial charge on any atom is 0.247 e. The highest BCUT2D eigenvalue weighted by Gasteiger charge is 2.50. The Balaban J connectivity index is 2.19. The summed E-state index contributed by atoms with van der Waals surface area (Å²) >= 11 is 0. The Bertz CT molecular complexity index is 498. The standard InChI is InChI=1S/C14H15FN2O/c1-10-7-14(8-10,9-16)13(18)17(2)12-5-3-11(15)4-6-12/h3-6,10H,7-8H2,1-2H3. The number of nitriles is 1. The predicted octanol–water partition coefficient (Wildman–Crippen LogP) is 2.73. The van der Waals surface area contributed by atoms with Crippen LogP contribution >= 0.6 is 0 Å². The summed E-state index contributed by atoms with van der Waals surface area (Å²) in [4.78, 5) is 13.8. The van der Waals surface area contributed by atoms with Crippen molar-refractivity contribution in [2.24, 2.45) is 11.3 Å². The van der Waals surface area contributed by atoms with Gasteiger partial charge in [-0.05, 0) is 43.0 Å². The molecule has 1 saturated carbocycles. The van der Waals surface area contributed by atoms with E-state index in [1.54, 1.807) is 19.2 Å². The minimum atomic E-state index is -0.886. The molecule has 0 N–H and O–H groups in total. The van der Waals surface area contributed by atoms with Crippen molar-refractivity contribution in [2.45, 2.75) is 19.8 Å². The Morgan fingerprint density at radius 1 is 1.44 bits per heavy atom. The molecule has 0 spiro atoms. The van der Waals surface area contributed by atoms with Gasteiger partial charge in [-0.25, -0.2) is 4.39 Å². The molecule has 0 radical (unpaired) electrons. The van der Waals surface area contributed by atoms with Crippen LogP contribution in [0.25, 0.3) is 0 Å². The third-order valence-electron chi connectivity index (χ3n) is 3.54. The van der Waals surface area contributed by atoms with Gasteiger partial charge in [0, 0.05) is 12.7 Å². The summed E-state index contributed by atoms with van der Waals surface area (Å²) in [7, 11) is 1.62. The first-order valence-electron chi connectivity index (χ1n) is 5.93. The molecule has 0 atom stereocenters. The number of amides is 1. The van der Waals surface area contributed by atoms with E-state index in [0.29, 0.717) is 24.4 Å². The average molecular weight is 246 g/mol. The van der Waals surface area contributed by atoms with Gasteiger partial charge in [0.05, 0.1) is 6.07 Å². The smallest absolute Gasteiger partial charge is 0.247 e. The van der Waals surface area contributed by atoms with Crippen molar-refractivity contribution in [3.8, 4) is 6.07 Å². The molecule has 2 rings (SSSR count). The van der Waals surface area contributed by atoms with Gasteiger partial charge in [0.2, 0.25) is 5.91 Å². The Labute approximate surface area is 106 Å². The van der Waals surface area contributed by atoms with Crippen molar-refractivity contribution in [1.82, 2.24) is 0 Å². The molecule has 0 aliphatic heterocycles. The number of nitrogens with zero attached hydrogens (tertiary/aromatic N) is 2. The van der Waals surface area contributed by atoms with Gasteiger partial charge in [-0.3, -0.25) is 4.79 Å². The van der Waals surface area contributed by atoms with E-state index in [-0.39, 0.29) is 11.7 Å². The summed E-state index contributed by atoms with van der Waals surface area (Å²) in [6.45, 7) is 2.03. The van der Waals surface area contributed by atoms with Crippen molar-refractivity contribution in [3.63, 3.8) is 0 Å². The van der Waals surface area contributed by atoms with Crippen molar-refractivity contribution in [2.75, 3.05) is 11.9 Å². The first kappa shape index (κ1) is 12.6. The molecule has 0 aromatic heterocycles. The zero-order valence-electron chi connectivity index (χ0n) is 10.5. The van der Waals surface area contributed by atoms with Gasteiger partial charge in [0.15, 0.2) is 0 Å². The van der Waals surface area contributed by atoms with Crippen LogP contribution in [-0.2, 0) is 4.79 Å². The van der Waals surface area contributed by atoms with Crippen LogP contribution in [0.2, 0.25) is 0 Å². The van der Waals surface area contributed by atoms with Crippen molar-refractivity contribution < 1.29 is 9.18 Å². The normalized spacial score (nSPS) is 26.0. The van der Waals surface area contributed by atoms with Gasteiger partial charge in [0.1, 0.15) is 11.2 Å². The molecule has 18 heavy (non-hydrogen) atoms. The van der Waals surface area contributed by atoms with Gasteiger partial charge < -0.3 is 4.90 Å². The molecule has 94 valence electrons. The van der Waals surface area contributed by atoms with E-state index >= 15 is 0 Å². The number of rotatable bonds is 2. The van der Waals surface area contributed by atoms with Gasteiger partial charge >= 0.3 is 0 Å². The fourth-order valence-electron chi connectivity index (χ4n) is 2.55. The van der Waals surface area contributed by atoms with Gasteiger partial charge in [-0.1, -0.05) is 6.92 Å². The van der Waals surface area contributed by atoms with Gasteiger partial charge in [0.25, 0.3) is 0 Å². The molecule has 3 nitrogen and oxygen atoms in total. The SMILES string of the molecule is CC1CC(C#N)(C(=O)N(C)c2ccc(F)cc2)C1. The van der Waals surface area contributed by atoms with Crippen LogP contribution in [0.3, 0.4) is 0 Å². The molecule has 1 aromatic rings. The van der Waals surface area contributed by atoms with E-state index in [1.807, 2.05) is 6.92 Å². The Morgan fingerprint density at radius 3 is 2.44 bits per heavy atom. The molecule has 1 aromatic carbocycles. The molecule has 0 unspecified atom stereocenters. The molecular formula is C14H15FN2O. The third kappa shape index (κ3) is 1.97. The zero-order valence-corrected chi connectivity index (χ0v) is 10.5. The summed E-state index contributed by atoms with van der Waals surface area (Å²) < 4.78 is 12.8. The molecule has 0 heterocycles. The highest BCUT2D eigenvalue weighted by molar-refractivity contribution is 5.99. The van der Waals surface area contributed by atoms with E-state index in [1.165, 1.54) is 17.0 Å². The molecular weight excluding hydrogens is 231 g/mol. The average Bonchev–Trinajstić information content (AvgIpc) is 2.34. The van der Waals surface area contributed by atoms with Crippen LogP contribution in [0.4, 0.5) is 10.1 Å². The lowest BCUT2D eigenvalue weighted by Gasteiger charge is -2.41. The first-order valence-corrected chi connectivity index (χ1v) is 5.93. The van der Waals surface area contributed by atoms with Crippen molar-refractivity contribution in [3.05, 3.63) is 30.1 Å². The van der Waals surface area contributed by atoms with Crippen LogP contribution < -0.4 is 4.90 Å². The number of benzene rings is 1. The third-order valence-corrected chi connectivity index (χ3v) is 3.54. The van der Waals surface area contributed by atoms with E-state index < -0.39 is 5.41 Å². The van der Waals surface area contributed by atoms with Crippen LogP contribution in [0.1, 0.15) is 19.8 Å². The number of hydrogen-bond donors (Lipinski definition) is 0.